The number of aliphatic imine (C=N–C) groups is 1. The van der Waals surface area contributed by atoms with Gasteiger partial charge in [0.1, 0.15) is 0 Å². The Labute approximate surface area is 156 Å². The number of hydrogen-bond donors (Lipinski definition) is 1. The summed E-state index contributed by atoms with van der Waals surface area (Å²) in [7, 11) is 1.31. The average Bonchev–Trinajstić information content (AvgIpc) is 3.00. The zero-order chi connectivity index (χ0) is 19.4. The number of carbonyl (C=O) groups is 1. The number of H-pyrrole nitrogens is 1. The predicted octanol–water partition coefficient (Wildman–Crippen LogP) is 2.73. The number of methoxy groups -OCH3 is 1. The van der Waals surface area contributed by atoms with Crippen molar-refractivity contribution in [3.8, 4) is 5.69 Å². The lowest BCUT2D eigenvalue weighted by atomic mass is 10.1. The maximum atomic E-state index is 13.1. The summed E-state index contributed by atoms with van der Waals surface area (Å²) in [4.78, 5) is 33.6. The lowest BCUT2D eigenvalue weighted by Gasteiger charge is -2.03. The molecular formula is C20H20N4O3. The van der Waals surface area contributed by atoms with Gasteiger partial charge in [0.05, 0.1) is 36.2 Å². The molecule has 2 heterocycles. The van der Waals surface area contributed by atoms with E-state index in [-0.39, 0.29) is 12.0 Å². The van der Waals surface area contributed by atoms with E-state index in [1.54, 1.807) is 25.3 Å². The Balaban J connectivity index is 2.15. The number of aryl methyl sites for hydroxylation is 1. The Bertz CT molecular complexity index is 1050. The molecule has 0 aliphatic carbocycles. The Kier molecular flexibility index (Phi) is 5.30. The number of aromatic amines is 1. The molecule has 1 N–H and O–H groups in total. The first-order valence-corrected chi connectivity index (χ1v) is 8.44. The second kappa shape index (κ2) is 7.82. The summed E-state index contributed by atoms with van der Waals surface area (Å²) in [5.74, 6) is 0.0883. The van der Waals surface area contributed by atoms with Gasteiger partial charge in [-0.2, -0.15) is 0 Å². The Morgan fingerprint density at radius 3 is 2.63 bits per heavy atom. The third-order valence-electron chi connectivity index (χ3n) is 4.15. The second-order valence-electron chi connectivity index (χ2n) is 6.04. The topological polar surface area (TPSA) is 89.3 Å². The van der Waals surface area contributed by atoms with Crippen LogP contribution in [0.4, 0.5) is 5.82 Å². The number of benzene rings is 1. The van der Waals surface area contributed by atoms with Crippen LogP contribution in [0.1, 0.15) is 23.7 Å². The van der Waals surface area contributed by atoms with E-state index in [4.69, 9.17) is 4.74 Å². The van der Waals surface area contributed by atoms with Crippen LogP contribution in [0.5, 0.6) is 0 Å². The van der Waals surface area contributed by atoms with E-state index in [1.807, 2.05) is 37.3 Å². The van der Waals surface area contributed by atoms with E-state index < -0.39 is 5.97 Å². The van der Waals surface area contributed by atoms with E-state index in [2.05, 4.69) is 15.1 Å². The first-order chi connectivity index (χ1) is 13.0. The number of esters is 1. The van der Waals surface area contributed by atoms with Crippen molar-refractivity contribution in [2.75, 3.05) is 7.11 Å². The van der Waals surface area contributed by atoms with Crippen molar-refractivity contribution < 1.29 is 9.53 Å². The predicted molar refractivity (Wildman–Crippen MR) is 103 cm³/mol. The number of rotatable bonds is 5. The van der Waals surface area contributed by atoms with Gasteiger partial charge in [0.25, 0.3) is 5.56 Å². The van der Waals surface area contributed by atoms with Crippen LogP contribution < -0.4 is 5.56 Å². The monoisotopic (exact) mass is 364 g/mol. The van der Waals surface area contributed by atoms with Gasteiger partial charge in [0.15, 0.2) is 5.82 Å². The van der Waals surface area contributed by atoms with Crippen LogP contribution >= 0.6 is 0 Å². The minimum absolute atomic E-state index is 0.0605. The summed E-state index contributed by atoms with van der Waals surface area (Å²) in [5, 5.41) is 3.01. The van der Waals surface area contributed by atoms with Crippen LogP contribution in [0, 0.1) is 6.92 Å². The molecule has 138 valence electrons. The fourth-order valence-corrected chi connectivity index (χ4v) is 2.77. The first-order valence-electron chi connectivity index (χ1n) is 8.44. The van der Waals surface area contributed by atoms with Crippen molar-refractivity contribution in [2.24, 2.45) is 4.99 Å². The molecule has 0 aliphatic rings. The highest BCUT2D eigenvalue weighted by molar-refractivity contribution is 6.01. The van der Waals surface area contributed by atoms with E-state index in [1.165, 1.54) is 11.8 Å². The Morgan fingerprint density at radius 1 is 1.22 bits per heavy atom. The molecule has 0 fully saturated rings. The van der Waals surface area contributed by atoms with Crippen molar-refractivity contribution in [1.29, 1.82) is 0 Å². The SMILES string of the molecule is COC(=O)Cc1[nH]n(-c2ccccc2)c(=O)c1/C(C)=N/c1ncccc1C. The van der Waals surface area contributed by atoms with Crippen LogP contribution in [0.2, 0.25) is 0 Å². The quantitative estimate of drug-likeness (QED) is 0.557. The molecule has 7 nitrogen and oxygen atoms in total. The molecular weight excluding hydrogens is 344 g/mol. The molecule has 0 spiro atoms. The number of nitrogens with zero attached hydrogens (tertiary/aromatic N) is 3. The van der Waals surface area contributed by atoms with Gasteiger partial charge >= 0.3 is 5.97 Å². The summed E-state index contributed by atoms with van der Waals surface area (Å²) in [5.41, 5.74) is 2.55. The van der Waals surface area contributed by atoms with Crippen LogP contribution in [0.15, 0.2) is 58.4 Å². The van der Waals surface area contributed by atoms with Gasteiger partial charge in [-0.15, -0.1) is 0 Å². The van der Waals surface area contributed by atoms with Gasteiger partial charge in [0, 0.05) is 6.20 Å². The molecule has 27 heavy (non-hydrogen) atoms. The van der Waals surface area contributed by atoms with Gasteiger partial charge in [0.2, 0.25) is 0 Å². The summed E-state index contributed by atoms with van der Waals surface area (Å²) in [6.45, 7) is 3.63. The highest BCUT2D eigenvalue weighted by Crippen LogP contribution is 2.17. The summed E-state index contributed by atoms with van der Waals surface area (Å²) < 4.78 is 6.16. The standard InChI is InChI=1S/C20H20N4O3/c1-13-8-7-11-21-19(13)22-14(2)18-16(12-17(25)27-3)23-24(20(18)26)15-9-5-4-6-10-15/h4-11,23H,12H2,1-3H3/b22-14+. The number of hydrogen-bond acceptors (Lipinski definition) is 5. The molecule has 7 heteroatoms. The minimum Gasteiger partial charge on any atom is -0.469 e. The van der Waals surface area contributed by atoms with Gasteiger partial charge in [-0.25, -0.2) is 14.7 Å². The van der Waals surface area contributed by atoms with Crippen molar-refractivity contribution >= 4 is 17.5 Å². The van der Waals surface area contributed by atoms with Gasteiger partial charge < -0.3 is 4.74 Å². The largest absolute Gasteiger partial charge is 0.469 e. The molecule has 0 saturated carbocycles. The molecule has 2 aromatic heterocycles. The van der Waals surface area contributed by atoms with E-state index in [0.29, 0.717) is 28.5 Å². The Hall–Kier alpha value is -3.48. The molecule has 0 bridgehead atoms. The third kappa shape index (κ3) is 3.87. The fourth-order valence-electron chi connectivity index (χ4n) is 2.77. The number of pyridine rings is 1. The highest BCUT2D eigenvalue weighted by Gasteiger charge is 2.20. The van der Waals surface area contributed by atoms with Gasteiger partial charge in [-0.1, -0.05) is 24.3 Å². The van der Waals surface area contributed by atoms with Crippen LogP contribution in [0.25, 0.3) is 5.69 Å². The zero-order valence-corrected chi connectivity index (χ0v) is 15.4. The lowest BCUT2D eigenvalue weighted by molar-refractivity contribution is -0.139. The smallest absolute Gasteiger partial charge is 0.311 e. The lowest BCUT2D eigenvalue weighted by Crippen LogP contribution is -2.20. The number of nitrogens with one attached hydrogen (secondary N) is 1. The molecule has 3 aromatic rings. The van der Waals surface area contributed by atoms with Crippen LogP contribution in [-0.4, -0.2) is 33.6 Å². The van der Waals surface area contributed by atoms with Crippen LogP contribution in [-0.2, 0) is 16.0 Å². The van der Waals surface area contributed by atoms with E-state index >= 15 is 0 Å². The third-order valence-corrected chi connectivity index (χ3v) is 4.15. The normalized spacial score (nSPS) is 11.4. The summed E-state index contributed by atoms with van der Waals surface area (Å²) >= 11 is 0. The maximum Gasteiger partial charge on any atom is 0.311 e. The molecule has 0 unspecified atom stereocenters. The Morgan fingerprint density at radius 2 is 1.96 bits per heavy atom. The van der Waals surface area contributed by atoms with E-state index in [9.17, 15) is 9.59 Å². The fraction of sp³-hybridized carbons (Fsp3) is 0.200. The summed E-state index contributed by atoms with van der Waals surface area (Å²) in [6, 6.07) is 12.9. The van der Waals surface area contributed by atoms with Crippen LogP contribution in [0.3, 0.4) is 0 Å². The van der Waals surface area contributed by atoms with Gasteiger partial charge in [-0.05, 0) is 37.6 Å². The minimum atomic E-state index is -0.445. The summed E-state index contributed by atoms with van der Waals surface area (Å²) in [6.07, 6.45) is 1.59. The molecule has 0 amide bonds. The van der Waals surface area contributed by atoms with E-state index in [0.717, 1.165) is 5.56 Å². The molecule has 0 saturated heterocycles. The number of aromatic nitrogens is 3. The zero-order valence-electron chi connectivity index (χ0n) is 15.4. The molecule has 3 rings (SSSR count). The van der Waals surface area contributed by atoms with Crippen molar-refractivity contribution in [3.63, 3.8) is 0 Å². The highest BCUT2D eigenvalue weighted by atomic mass is 16.5. The number of ether oxygens (including phenoxy) is 1. The van der Waals surface area contributed by atoms with Crippen molar-refractivity contribution in [2.45, 2.75) is 20.3 Å². The molecule has 0 aliphatic heterocycles. The maximum absolute atomic E-state index is 13.1. The van der Waals surface area contributed by atoms with Crippen molar-refractivity contribution in [3.05, 3.63) is 75.8 Å². The van der Waals surface area contributed by atoms with Crippen molar-refractivity contribution in [1.82, 2.24) is 14.8 Å². The molecule has 0 radical (unpaired) electrons. The second-order valence-corrected chi connectivity index (χ2v) is 6.04. The molecule has 1 aromatic carbocycles. The van der Waals surface area contributed by atoms with Gasteiger partial charge in [-0.3, -0.25) is 14.7 Å². The average molecular weight is 364 g/mol. The molecule has 0 atom stereocenters. The first kappa shape index (κ1) is 18.3. The number of para-hydroxylation sites is 1. The number of carbonyl (C=O) groups excluding carboxylic acids is 1.